The largest absolute Gasteiger partial charge is 0.466 e. The number of ether oxygens (including phenoxy) is 2. The number of amides is 4. The minimum absolute atomic E-state index is 0.164. The highest BCUT2D eigenvalue weighted by Gasteiger charge is 2.31. The molecule has 4 amide bonds. The molecule has 0 aromatic heterocycles. The number of hydrogen-bond acceptors (Lipinski definition) is 7. The molecule has 2 aliphatic heterocycles. The quantitative estimate of drug-likeness (QED) is 0.259. The van der Waals surface area contributed by atoms with E-state index in [1.807, 2.05) is 26.8 Å². The van der Waals surface area contributed by atoms with E-state index in [4.69, 9.17) is 9.47 Å². The molecule has 2 heterocycles. The lowest BCUT2D eigenvalue weighted by molar-refractivity contribution is -0.144. The molecule has 2 aliphatic rings. The summed E-state index contributed by atoms with van der Waals surface area (Å²) in [5, 5.41) is 5.49. The molecule has 1 aromatic carbocycles. The second kappa shape index (κ2) is 15.4. The highest BCUT2D eigenvalue weighted by Crippen LogP contribution is 2.22. The van der Waals surface area contributed by atoms with Crippen LogP contribution in [-0.4, -0.2) is 84.1 Å². The van der Waals surface area contributed by atoms with E-state index in [1.54, 1.807) is 53.1 Å². The molecule has 0 saturated carbocycles. The second-order valence-corrected chi connectivity index (χ2v) is 11.7. The maximum atomic E-state index is 13.2. The lowest BCUT2D eigenvalue weighted by atomic mass is 9.95. The number of carbonyl (C=O) groups excluding carboxylic acids is 5. The van der Waals surface area contributed by atoms with Gasteiger partial charge in [0.15, 0.2) is 0 Å². The van der Waals surface area contributed by atoms with E-state index in [-0.39, 0.29) is 43.4 Å². The van der Waals surface area contributed by atoms with Crippen LogP contribution in [0.4, 0.5) is 4.79 Å². The second-order valence-electron chi connectivity index (χ2n) is 11.7. The molecule has 230 valence electrons. The van der Waals surface area contributed by atoms with Gasteiger partial charge in [0.25, 0.3) is 5.91 Å². The Morgan fingerprint density at radius 3 is 2.31 bits per heavy atom. The Labute approximate surface area is 248 Å². The minimum Gasteiger partial charge on any atom is -0.466 e. The molecule has 2 fully saturated rings. The minimum atomic E-state index is -0.957. The van der Waals surface area contributed by atoms with Crippen molar-refractivity contribution in [1.82, 2.24) is 20.4 Å². The first-order valence-electron chi connectivity index (χ1n) is 14.7. The molecule has 0 radical (unpaired) electrons. The predicted molar refractivity (Wildman–Crippen MR) is 156 cm³/mol. The number of carbonyl (C=O) groups is 5. The molecule has 2 atom stereocenters. The zero-order valence-electron chi connectivity index (χ0n) is 25.1. The first-order chi connectivity index (χ1) is 19.9. The van der Waals surface area contributed by atoms with Crippen LogP contribution in [0.1, 0.15) is 70.2 Å². The van der Waals surface area contributed by atoms with Crippen molar-refractivity contribution in [1.29, 1.82) is 0 Å². The molecule has 0 unspecified atom stereocenters. The van der Waals surface area contributed by atoms with Crippen molar-refractivity contribution in [2.75, 3.05) is 32.8 Å². The zero-order valence-corrected chi connectivity index (χ0v) is 25.1. The standard InChI is InChI=1S/C31H44N4O7/c1-5-41-27(37)20-25(32-28(38)23-10-7-6-8-11-23)33-29(39)24-12-9-17-35(21-24)26(36)14-13-22-15-18-34(19-16-22)30(40)42-31(2,3)4/h6-8,10-11,13-14,22,24-25H,5,9,12,15-21H2,1-4H3,(H,32,38)(H,33,39)/b14-13+/t24-,25-/m1/s1. The Hall–Kier alpha value is -3.89. The molecule has 11 nitrogen and oxygen atoms in total. The first kappa shape index (κ1) is 32.6. The molecule has 2 N–H and O–H groups in total. The summed E-state index contributed by atoms with van der Waals surface area (Å²) in [5.41, 5.74) is -0.140. The summed E-state index contributed by atoms with van der Waals surface area (Å²) >= 11 is 0. The lowest BCUT2D eigenvalue weighted by Gasteiger charge is -2.33. The van der Waals surface area contributed by atoms with Gasteiger partial charge in [-0.05, 0) is 77.5 Å². The van der Waals surface area contributed by atoms with Crippen LogP contribution in [0, 0.1) is 11.8 Å². The summed E-state index contributed by atoms with van der Waals surface area (Å²) in [6.07, 6.45) is 4.69. The highest BCUT2D eigenvalue weighted by atomic mass is 16.6. The van der Waals surface area contributed by atoms with Crippen LogP contribution in [-0.2, 0) is 23.9 Å². The molecule has 0 bridgehead atoms. The molecule has 1 aromatic rings. The molecule has 0 aliphatic carbocycles. The fourth-order valence-electron chi connectivity index (χ4n) is 4.96. The number of hydrogen-bond donors (Lipinski definition) is 2. The van der Waals surface area contributed by atoms with Gasteiger partial charge in [-0.15, -0.1) is 0 Å². The number of esters is 1. The van der Waals surface area contributed by atoms with Gasteiger partial charge in [-0.2, -0.15) is 0 Å². The van der Waals surface area contributed by atoms with Gasteiger partial charge < -0.3 is 29.9 Å². The van der Waals surface area contributed by atoms with Crippen molar-refractivity contribution < 1.29 is 33.4 Å². The number of rotatable bonds is 9. The van der Waals surface area contributed by atoms with Gasteiger partial charge in [0, 0.05) is 31.7 Å². The fourth-order valence-corrected chi connectivity index (χ4v) is 4.96. The van der Waals surface area contributed by atoms with E-state index in [1.165, 1.54) is 0 Å². The highest BCUT2D eigenvalue weighted by molar-refractivity contribution is 5.95. The van der Waals surface area contributed by atoms with E-state index in [2.05, 4.69) is 10.6 Å². The SMILES string of the molecule is CCOC(=O)C[C@H](NC(=O)c1ccccc1)NC(=O)[C@@H]1CCCN(C(=O)/C=C/C2CCN(C(=O)OC(C)(C)C)CC2)C1. The third kappa shape index (κ3) is 10.5. The lowest BCUT2D eigenvalue weighted by Crippen LogP contribution is -2.53. The Kier molecular flexibility index (Phi) is 11.9. The molecular weight excluding hydrogens is 540 g/mol. The monoisotopic (exact) mass is 584 g/mol. The van der Waals surface area contributed by atoms with E-state index in [0.717, 1.165) is 12.8 Å². The number of nitrogens with zero attached hydrogens (tertiary/aromatic N) is 2. The summed E-state index contributed by atoms with van der Waals surface area (Å²) in [6, 6.07) is 8.52. The normalized spacial score (nSPS) is 18.7. The third-order valence-corrected chi connectivity index (χ3v) is 7.14. The molecule has 3 rings (SSSR count). The average molecular weight is 585 g/mol. The van der Waals surface area contributed by atoms with E-state index < -0.39 is 29.6 Å². The number of benzene rings is 1. The third-order valence-electron chi connectivity index (χ3n) is 7.14. The van der Waals surface area contributed by atoms with Crippen molar-refractivity contribution in [2.45, 2.75) is 71.6 Å². The Morgan fingerprint density at radius 2 is 1.67 bits per heavy atom. The predicted octanol–water partition coefficient (Wildman–Crippen LogP) is 3.25. The van der Waals surface area contributed by atoms with Gasteiger partial charge >= 0.3 is 12.1 Å². The van der Waals surface area contributed by atoms with E-state index in [9.17, 15) is 24.0 Å². The average Bonchev–Trinajstić information content (AvgIpc) is 2.95. The number of allylic oxidation sites excluding steroid dienone is 1. The van der Waals surface area contributed by atoms with Crippen molar-refractivity contribution >= 4 is 29.8 Å². The smallest absolute Gasteiger partial charge is 0.410 e. The summed E-state index contributed by atoms with van der Waals surface area (Å²) < 4.78 is 10.5. The number of piperidine rings is 2. The van der Waals surface area contributed by atoms with Crippen LogP contribution in [0.25, 0.3) is 0 Å². The van der Waals surface area contributed by atoms with E-state index in [0.29, 0.717) is 38.0 Å². The van der Waals surface area contributed by atoms with Crippen molar-refractivity contribution in [3.63, 3.8) is 0 Å². The van der Waals surface area contributed by atoms with Gasteiger partial charge in [0.1, 0.15) is 11.8 Å². The molecule has 42 heavy (non-hydrogen) atoms. The molecule has 11 heteroatoms. The molecule has 0 spiro atoms. The molecular formula is C31H44N4O7. The number of likely N-dealkylation sites (tertiary alicyclic amines) is 2. The van der Waals surface area contributed by atoms with Gasteiger partial charge in [0.2, 0.25) is 11.8 Å². The Balaban J connectivity index is 1.52. The maximum absolute atomic E-state index is 13.2. The fraction of sp³-hybridized carbons (Fsp3) is 0.581. The topological polar surface area (TPSA) is 134 Å². The zero-order chi connectivity index (χ0) is 30.7. The van der Waals surface area contributed by atoms with Crippen LogP contribution >= 0.6 is 0 Å². The first-order valence-corrected chi connectivity index (χ1v) is 14.7. The Bertz CT molecular complexity index is 1120. The van der Waals surface area contributed by atoms with Crippen LogP contribution in [0.3, 0.4) is 0 Å². The van der Waals surface area contributed by atoms with E-state index >= 15 is 0 Å². The van der Waals surface area contributed by atoms with Gasteiger partial charge in [-0.3, -0.25) is 19.2 Å². The summed E-state index contributed by atoms with van der Waals surface area (Å²) in [4.78, 5) is 66.7. The van der Waals surface area contributed by atoms with Gasteiger partial charge in [-0.25, -0.2) is 4.79 Å². The van der Waals surface area contributed by atoms with Gasteiger partial charge in [-0.1, -0.05) is 24.3 Å². The van der Waals surface area contributed by atoms with Crippen molar-refractivity contribution in [2.24, 2.45) is 11.8 Å². The van der Waals surface area contributed by atoms with Crippen LogP contribution in [0.15, 0.2) is 42.5 Å². The van der Waals surface area contributed by atoms with Crippen LogP contribution in [0.5, 0.6) is 0 Å². The van der Waals surface area contributed by atoms with Gasteiger partial charge in [0.05, 0.1) is 18.9 Å². The summed E-state index contributed by atoms with van der Waals surface area (Å²) in [6.45, 7) is 9.30. The molecule has 2 saturated heterocycles. The number of nitrogens with one attached hydrogen (secondary N) is 2. The Morgan fingerprint density at radius 1 is 0.976 bits per heavy atom. The maximum Gasteiger partial charge on any atom is 0.410 e. The van der Waals surface area contributed by atoms with Crippen LogP contribution in [0.2, 0.25) is 0 Å². The van der Waals surface area contributed by atoms with Crippen LogP contribution < -0.4 is 10.6 Å². The van der Waals surface area contributed by atoms with Crippen molar-refractivity contribution in [3.8, 4) is 0 Å². The summed E-state index contributed by atoms with van der Waals surface area (Å²) in [7, 11) is 0. The summed E-state index contributed by atoms with van der Waals surface area (Å²) in [5.74, 6) is -1.78. The van der Waals surface area contributed by atoms with Crippen molar-refractivity contribution in [3.05, 3.63) is 48.0 Å².